The fraction of sp³-hybridized carbons (Fsp3) is 0.0714. The van der Waals surface area contributed by atoms with Gasteiger partial charge >= 0.3 is 0 Å². The van der Waals surface area contributed by atoms with Crippen molar-refractivity contribution in [2.24, 2.45) is 0 Å². The standard InChI is InChI=1S/C14H12N2O/c1-2-4-11(5-3-1)10-17-13-7-9-16-14-12(13)6-8-15-14/h1-9H,10H2,(H,15,16). The number of ether oxygens (including phenoxy) is 1. The summed E-state index contributed by atoms with van der Waals surface area (Å²) in [5.74, 6) is 0.861. The quantitative estimate of drug-likeness (QED) is 0.742. The highest BCUT2D eigenvalue weighted by Crippen LogP contribution is 2.23. The molecule has 2 aromatic heterocycles. The maximum absolute atomic E-state index is 5.80. The lowest BCUT2D eigenvalue weighted by Crippen LogP contribution is -1.95. The van der Waals surface area contributed by atoms with Crippen molar-refractivity contribution in [1.82, 2.24) is 9.97 Å². The van der Waals surface area contributed by atoms with Crippen LogP contribution in [0.5, 0.6) is 5.75 Å². The van der Waals surface area contributed by atoms with Gasteiger partial charge in [0.15, 0.2) is 0 Å². The van der Waals surface area contributed by atoms with Crippen LogP contribution in [0.15, 0.2) is 54.9 Å². The molecule has 0 bridgehead atoms. The van der Waals surface area contributed by atoms with E-state index in [0.29, 0.717) is 6.61 Å². The van der Waals surface area contributed by atoms with Crippen LogP contribution in [0.25, 0.3) is 11.0 Å². The number of aromatic amines is 1. The van der Waals surface area contributed by atoms with E-state index in [1.807, 2.05) is 36.5 Å². The third-order valence-electron chi connectivity index (χ3n) is 2.66. The molecule has 84 valence electrons. The smallest absolute Gasteiger partial charge is 0.140 e. The van der Waals surface area contributed by atoms with Gasteiger partial charge in [-0.15, -0.1) is 0 Å². The minimum absolute atomic E-state index is 0.575. The van der Waals surface area contributed by atoms with Crippen LogP contribution in [0, 0.1) is 0 Å². The lowest BCUT2D eigenvalue weighted by molar-refractivity contribution is 0.310. The minimum Gasteiger partial charge on any atom is -0.488 e. The van der Waals surface area contributed by atoms with E-state index in [-0.39, 0.29) is 0 Å². The first-order chi connectivity index (χ1) is 8.43. The molecule has 3 rings (SSSR count). The summed E-state index contributed by atoms with van der Waals surface area (Å²) in [7, 11) is 0. The summed E-state index contributed by atoms with van der Waals surface area (Å²) in [4.78, 5) is 7.29. The molecule has 3 heteroatoms. The number of nitrogens with one attached hydrogen (secondary N) is 1. The predicted molar refractivity (Wildman–Crippen MR) is 66.9 cm³/mol. The number of hydrogen-bond donors (Lipinski definition) is 1. The third-order valence-corrected chi connectivity index (χ3v) is 2.66. The van der Waals surface area contributed by atoms with Gasteiger partial charge in [0.1, 0.15) is 18.0 Å². The van der Waals surface area contributed by atoms with Crippen molar-refractivity contribution in [2.75, 3.05) is 0 Å². The SMILES string of the molecule is c1ccc(COc2ccnc3[nH]ccc23)cc1. The van der Waals surface area contributed by atoms with E-state index >= 15 is 0 Å². The minimum atomic E-state index is 0.575. The second-order valence-corrected chi connectivity index (χ2v) is 3.82. The summed E-state index contributed by atoms with van der Waals surface area (Å²) in [5.41, 5.74) is 2.02. The molecule has 0 radical (unpaired) electrons. The Kier molecular flexibility index (Phi) is 2.50. The Balaban J connectivity index is 1.84. The molecule has 3 nitrogen and oxygen atoms in total. The zero-order chi connectivity index (χ0) is 11.5. The average molecular weight is 224 g/mol. The molecule has 0 aliphatic rings. The van der Waals surface area contributed by atoms with Gasteiger partial charge in [-0.1, -0.05) is 30.3 Å². The van der Waals surface area contributed by atoms with Gasteiger partial charge in [0.05, 0.1) is 5.39 Å². The summed E-state index contributed by atoms with van der Waals surface area (Å²) in [6, 6.07) is 14.0. The predicted octanol–water partition coefficient (Wildman–Crippen LogP) is 3.14. The Morgan fingerprint density at radius 2 is 1.94 bits per heavy atom. The highest BCUT2D eigenvalue weighted by Gasteiger charge is 2.03. The van der Waals surface area contributed by atoms with Crippen LogP contribution in [-0.2, 0) is 6.61 Å². The van der Waals surface area contributed by atoms with Crippen LogP contribution in [-0.4, -0.2) is 9.97 Å². The van der Waals surface area contributed by atoms with E-state index in [9.17, 15) is 0 Å². The Hall–Kier alpha value is -2.29. The molecule has 0 aliphatic heterocycles. The Labute approximate surface area is 99.1 Å². The van der Waals surface area contributed by atoms with E-state index in [2.05, 4.69) is 22.1 Å². The first kappa shape index (κ1) is 9.90. The van der Waals surface area contributed by atoms with Crippen LogP contribution < -0.4 is 4.74 Å². The number of rotatable bonds is 3. The van der Waals surface area contributed by atoms with Gasteiger partial charge < -0.3 is 9.72 Å². The van der Waals surface area contributed by atoms with E-state index in [1.165, 1.54) is 0 Å². The van der Waals surface area contributed by atoms with E-state index in [1.54, 1.807) is 6.20 Å². The number of nitrogens with zero attached hydrogens (tertiary/aromatic N) is 1. The van der Waals surface area contributed by atoms with Gasteiger partial charge in [0.2, 0.25) is 0 Å². The number of pyridine rings is 1. The maximum atomic E-state index is 5.80. The topological polar surface area (TPSA) is 37.9 Å². The fourth-order valence-electron chi connectivity index (χ4n) is 1.80. The van der Waals surface area contributed by atoms with Gasteiger partial charge in [0.25, 0.3) is 0 Å². The van der Waals surface area contributed by atoms with Crippen LogP contribution in [0.4, 0.5) is 0 Å². The highest BCUT2D eigenvalue weighted by atomic mass is 16.5. The monoisotopic (exact) mass is 224 g/mol. The van der Waals surface area contributed by atoms with Crippen LogP contribution in [0.1, 0.15) is 5.56 Å². The van der Waals surface area contributed by atoms with E-state index in [0.717, 1.165) is 22.3 Å². The van der Waals surface area contributed by atoms with Crippen molar-refractivity contribution in [2.45, 2.75) is 6.61 Å². The van der Waals surface area contributed by atoms with Crippen LogP contribution in [0.2, 0.25) is 0 Å². The van der Waals surface area contributed by atoms with Gasteiger partial charge in [-0.05, 0) is 17.7 Å². The summed E-state index contributed by atoms with van der Waals surface area (Å²) in [6.45, 7) is 0.575. The van der Waals surface area contributed by atoms with Crippen molar-refractivity contribution in [3.8, 4) is 5.75 Å². The van der Waals surface area contributed by atoms with Crippen molar-refractivity contribution >= 4 is 11.0 Å². The van der Waals surface area contributed by atoms with Crippen LogP contribution in [0.3, 0.4) is 0 Å². The Morgan fingerprint density at radius 1 is 1.06 bits per heavy atom. The summed E-state index contributed by atoms with van der Waals surface area (Å²) >= 11 is 0. The molecule has 0 saturated carbocycles. The number of fused-ring (bicyclic) bond motifs is 1. The van der Waals surface area contributed by atoms with E-state index in [4.69, 9.17) is 4.74 Å². The largest absolute Gasteiger partial charge is 0.488 e. The lowest BCUT2D eigenvalue weighted by atomic mass is 10.2. The number of hydrogen-bond acceptors (Lipinski definition) is 2. The van der Waals surface area contributed by atoms with Crippen molar-refractivity contribution in [3.63, 3.8) is 0 Å². The molecule has 2 heterocycles. The van der Waals surface area contributed by atoms with E-state index < -0.39 is 0 Å². The molecule has 0 fully saturated rings. The molecule has 0 atom stereocenters. The van der Waals surface area contributed by atoms with Crippen molar-refractivity contribution < 1.29 is 4.74 Å². The normalized spacial score (nSPS) is 10.6. The molecule has 0 spiro atoms. The third kappa shape index (κ3) is 1.99. The number of aromatic nitrogens is 2. The molecular formula is C14H12N2O. The van der Waals surface area contributed by atoms with Crippen LogP contribution >= 0.6 is 0 Å². The lowest BCUT2D eigenvalue weighted by Gasteiger charge is -2.06. The molecule has 3 aromatic rings. The molecular weight excluding hydrogens is 212 g/mol. The van der Waals surface area contributed by atoms with Gasteiger partial charge in [-0.25, -0.2) is 4.98 Å². The average Bonchev–Trinajstić information content (AvgIpc) is 2.86. The van der Waals surface area contributed by atoms with Crippen molar-refractivity contribution in [1.29, 1.82) is 0 Å². The highest BCUT2D eigenvalue weighted by molar-refractivity contribution is 5.82. The van der Waals surface area contributed by atoms with Crippen molar-refractivity contribution in [3.05, 3.63) is 60.4 Å². The Bertz CT molecular complexity index is 616. The van der Waals surface area contributed by atoms with Gasteiger partial charge in [0, 0.05) is 12.4 Å². The molecule has 17 heavy (non-hydrogen) atoms. The van der Waals surface area contributed by atoms with Gasteiger partial charge in [-0.3, -0.25) is 0 Å². The second kappa shape index (κ2) is 4.29. The first-order valence-electron chi connectivity index (χ1n) is 5.52. The summed E-state index contributed by atoms with van der Waals surface area (Å²) < 4.78 is 5.80. The molecule has 0 aliphatic carbocycles. The molecule has 0 saturated heterocycles. The molecule has 0 amide bonds. The number of benzene rings is 1. The second-order valence-electron chi connectivity index (χ2n) is 3.82. The number of H-pyrrole nitrogens is 1. The molecule has 1 N–H and O–H groups in total. The molecule has 1 aromatic carbocycles. The molecule has 0 unspecified atom stereocenters. The fourth-order valence-corrected chi connectivity index (χ4v) is 1.80. The first-order valence-corrected chi connectivity index (χ1v) is 5.52. The Morgan fingerprint density at radius 3 is 2.82 bits per heavy atom. The zero-order valence-corrected chi connectivity index (χ0v) is 9.26. The van der Waals surface area contributed by atoms with Gasteiger partial charge in [-0.2, -0.15) is 0 Å². The maximum Gasteiger partial charge on any atom is 0.140 e. The zero-order valence-electron chi connectivity index (χ0n) is 9.26. The summed E-state index contributed by atoms with van der Waals surface area (Å²) in [5, 5.41) is 1.02. The summed E-state index contributed by atoms with van der Waals surface area (Å²) in [6.07, 6.45) is 3.62.